The van der Waals surface area contributed by atoms with Gasteiger partial charge in [0.2, 0.25) is 23.6 Å². The van der Waals surface area contributed by atoms with E-state index in [4.69, 9.17) is 9.47 Å². The van der Waals surface area contributed by atoms with Crippen molar-refractivity contribution in [2.45, 2.75) is 307 Å². The first-order chi connectivity index (χ1) is 52.4. The number of pyridine rings is 2. The lowest BCUT2D eigenvalue weighted by atomic mass is 9.83. The first-order valence-electron chi connectivity index (χ1n) is 40.8. The number of ether oxygens (including phenoxy) is 2. The van der Waals surface area contributed by atoms with Crippen LogP contribution >= 0.6 is 0 Å². The summed E-state index contributed by atoms with van der Waals surface area (Å²) in [5.74, 6) is -3.22. The van der Waals surface area contributed by atoms with Crippen molar-refractivity contribution in [1.29, 1.82) is 0 Å². The van der Waals surface area contributed by atoms with E-state index in [1.165, 1.54) is 0 Å². The number of aromatic nitrogens is 2. The molecule has 2 aliphatic heterocycles. The standard InChI is InChI=1S/C46H66N4O7.C43H62N4O7/c1-29(2)48-43(54)34(18-11-12-20-38-32(5)41(52)30(3)31(4)42(38)53)28-40(51)39-21-15-25-50(39)44(55)35(27-36-19-13-14-24-47-36)22-23-37(26-33-16-9-10-17-33)49-45(56)57-46(6,7)8;1-26(2)23-35(46-43(53)54-28(5)6)20-19-33(24-34-16-12-13-21-44-34)42(52)47-22-14-18-37(47)38(48)25-32(41(51)45-27(3)4)15-10-11-17-36-31(9)39(49)29(7)30(8)40(36)50/h13-14,19,22-24,29,33-35,37,39H,9-12,15-18,20-21,25-28H2,1-8H3,(H,48,54)(H,49,56);12-13,16,19-21,26-28,32-33,35,37H,10-11,14-15,17-18,22-25H2,1-9H3,(H,45,51)(H,46,53)/b23-22+;20-19+/t34-,35-,37-,39+;32-,33-,35-,37+/m11/s1. The van der Waals surface area contributed by atoms with Crippen LogP contribution in [0.3, 0.4) is 0 Å². The Morgan fingerprint density at radius 1 is 0.505 bits per heavy atom. The van der Waals surface area contributed by atoms with Crippen LogP contribution in [0, 0.1) is 35.5 Å². The van der Waals surface area contributed by atoms with Gasteiger partial charge in [0.15, 0.2) is 34.7 Å². The summed E-state index contributed by atoms with van der Waals surface area (Å²) in [5, 5.41) is 11.9. The van der Waals surface area contributed by atoms with E-state index in [0.29, 0.717) is 160 Å². The zero-order valence-corrected chi connectivity index (χ0v) is 69.4. The molecule has 5 aliphatic rings. The molecule has 3 fully saturated rings. The monoisotopic (exact) mass is 1530 g/mol. The largest absolute Gasteiger partial charge is 0.447 e. The molecule has 1 saturated carbocycles. The number of hydrogen-bond donors (Lipinski definition) is 4. The third-order valence-corrected chi connectivity index (χ3v) is 21.6. The van der Waals surface area contributed by atoms with E-state index in [9.17, 15) is 57.5 Å². The fraction of sp³-hybridized carbons (Fsp3) is 0.618. The second-order valence-corrected chi connectivity index (χ2v) is 33.5. The van der Waals surface area contributed by atoms with Crippen LogP contribution < -0.4 is 21.3 Å². The molecule has 2 aromatic rings. The normalized spacial score (nSPS) is 19.0. The van der Waals surface area contributed by atoms with Crippen molar-refractivity contribution in [2.75, 3.05) is 13.1 Å². The molecule has 3 aliphatic carbocycles. The highest BCUT2D eigenvalue weighted by Gasteiger charge is 2.41. The third-order valence-electron chi connectivity index (χ3n) is 21.6. The summed E-state index contributed by atoms with van der Waals surface area (Å²) in [6, 6.07) is 8.89. The number of nitrogens with one attached hydrogen (secondary N) is 4. The molecule has 608 valence electrons. The molecule has 0 spiro atoms. The van der Waals surface area contributed by atoms with Gasteiger partial charge in [0, 0.05) is 131 Å². The summed E-state index contributed by atoms with van der Waals surface area (Å²) in [7, 11) is 0. The second-order valence-electron chi connectivity index (χ2n) is 33.5. The highest BCUT2D eigenvalue weighted by atomic mass is 16.6. The van der Waals surface area contributed by atoms with Crippen LogP contribution in [-0.4, -0.2) is 151 Å². The number of rotatable bonds is 37. The van der Waals surface area contributed by atoms with Crippen molar-refractivity contribution in [2.24, 2.45) is 35.5 Å². The minimum atomic E-state index is -0.659. The number of carbonyl (C=O) groups excluding carboxylic acids is 12. The van der Waals surface area contributed by atoms with Crippen LogP contribution in [0.4, 0.5) is 9.59 Å². The zero-order chi connectivity index (χ0) is 82.0. The van der Waals surface area contributed by atoms with E-state index in [1.54, 1.807) is 77.6 Å². The Labute approximate surface area is 659 Å². The van der Waals surface area contributed by atoms with E-state index < -0.39 is 53.5 Å². The van der Waals surface area contributed by atoms with Gasteiger partial charge in [-0.25, -0.2) is 9.59 Å². The van der Waals surface area contributed by atoms with Crippen LogP contribution in [-0.2, 0) is 70.3 Å². The molecule has 7 rings (SSSR count). The summed E-state index contributed by atoms with van der Waals surface area (Å²) >= 11 is 0. The molecule has 0 bridgehead atoms. The number of allylic oxidation sites excluding steroid dienone is 8. The van der Waals surface area contributed by atoms with Crippen molar-refractivity contribution in [1.82, 2.24) is 41.0 Å². The maximum absolute atomic E-state index is 14.5. The predicted octanol–water partition coefficient (Wildman–Crippen LogP) is 14.5. The van der Waals surface area contributed by atoms with Gasteiger partial charge in [0.1, 0.15) is 5.60 Å². The summed E-state index contributed by atoms with van der Waals surface area (Å²) in [6.45, 7) is 31.6. The number of amides is 6. The van der Waals surface area contributed by atoms with Gasteiger partial charge in [-0.3, -0.25) is 57.9 Å². The topological polar surface area (TPSA) is 304 Å². The number of carbonyl (C=O) groups is 12. The molecule has 111 heavy (non-hydrogen) atoms. The summed E-state index contributed by atoms with van der Waals surface area (Å²) in [5.41, 5.74) is 4.77. The van der Waals surface area contributed by atoms with E-state index >= 15 is 0 Å². The Balaban J connectivity index is 0.000000347. The molecule has 0 unspecified atom stereocenters. The Morgan fingerprint density at radius 3 is 1.31 bits per heavy atom. The van der Waals surface area contributed by atoms with Crippen molar-refractivity contribution < 1.29 is 67.0 Å². The summed E-state index contributed by atoms with van der Waals surface area (Å²) < 4.78 is 10.9. The van der Waals surface area contributed by atoms with Gasteiger partial charge < -0.3 is 40.5 Å². The first kappa shape index (κ1) is 91.1. The molecule has 0 radical (unpaired) electrons. The minimum absolute atomic E-state index is 0.00278. The quantitative estimate of drug-likeness (QED) is 0.0278. The number of ketones is 6. The molecule has 4 N–H and O–H groups in total. The predicted molar refractivity (Wildman–Crippen MR) is 430 cm³/mol. The maximum atomic E-state index is 14.5. The molecule has 2 aromatic heterocycles. The smallest absolute Gasteiger partial charge is 0.408 e. The van der Waals surface area contributed by atoms with E-state index in [-0.39, 0.29) is 107 Å². The van der Waals surface area contributed by atoms with Gasteiger partial charge in [-0.15, -0.1) is 0 Å². The Morgan fingerprint density at radius 2 is 0.919 bits per heavy atom. The fourth-order valence-electron chi connectivity index (χ4n) is 15.5. The summed E-state index contributed by atoms with van der Waals surface area (Å²) in [4.78, 5) is 173. The molecule has 22 heteroatoms. The molecule has 0 aromatic carbocycles. The second kappa shape index (κ2) is 43.8. The number of Topliss-reactive ketones (excluding diaryl/α,β-unsaturated/α-hetero) is 6. The van der Waals surface area contributed by atoms with E-state index in [1.807, 2.05) is 109 Å². The maximum Gasteiger partial charge on any atom is 0.408 e. The lowest BCUT2D eigenvalue weighted by Crippen LogP contribution is -2.45. The van der Waals surface area contributed by atoms with Gasteiger partial charge in [0.05, 0.1) is 42.1 Å². The fourth-order valence-corrected chi connectivity index (χ4v) is 15.5. The van der Waals surface area contributed by atoms with Gasteiger partial charge in [0.25, 0.3) is 0 Å². The van der Waals surface area contributed by atoms with Crippen LogP contribution in [0.25, 0.3) is 0 Å². The van der Waals surface area contributed by atoms with Crippen LogP contribution in [0.5, 0.6) is 0 Å². The van der Waals surface area contributed by atoms with Crippen LogP contribution in [0.2, 0.25) is 0 Å². The zero-order valence-electron chi connectivity index (χ0n) is 69.4. The molecule has 4 heterocycles. The number of nitrogens with zero attached hydrogens (tertiary/aromatic N) is 4. The number of alkyl carbamates (subject to hydrolysis) is 2. The van der Waals surface area contributed by atoms with E-state index in [0.717, 1.165) is 43.5 Å². The summed E-state index contributed by atoms with van der Waals surface area (Å²) in [6.07, 6.45) is 22.5. The van der Waals surface area contributed by atoms with Crippen LogP contribution in [0.1, 0.15) is 258 Å². The van der Waals surface area contributed by atoms with Crippen molar-refractivity contribution >= 4 is 70.5 Å². The minimum Gasteiger partial charge on any atom is -0.447 e. The van der Waals surface area contributed by atoms with Crippen molar-refractivity contribution in [3.8, 4) is 0 Å². The average molecular weight is 1530 g/mol. The highest BCUT2D eigenvalue weighted by molar-refractivity contribution is 6.25. The molecular weight excluding hydrogens is 1410 g/mol. The Bertz CT molecular complexity index is 3810. The lowest BCUT2D eigenvalue weighted by molar-refractivity contribution is -0.140. The Kier molecular flexibility index (Phi) is 36.0. The molecule has 8 atom stereocenters. The Hall–Kier alpha value is -8.82. The average Bonchev–Trinajstić information content (AvgIpc) is 1.73. The highest BCUT2D eigenvalue weighted by Crippen LogP contribution is 2.34. The van der Waals surface area contributed by atoms with Crippen molar-refractivity contribution in [3.05, 3.63) is 129 Å². The van der Waals surface area contributed by atoms with Gasteiger partial charge in [-0.05, 0) is 217 Å². The van der Waals surface area contributed by atoms with Crippen molar-refractivity contribution in [3.63, 3.8) is 0 Å². The number of hydrogen-bond acceptors (Lipinski definition) is 16. The molecule has 2 saturated heterocycles. The van der Waals surface area contributed by atoms with Gasteiger partial charge >= 0.3 is 12.2 Å². The van der Waals surface area contributed by atoms with Crippen LogP contribution in [0.15, 0.2) is 118 Å². The lowest BCUT2D eigenvalue weighted by Gasteiger charge is -2.29. The molecule has 22 nitrogen and oxygen atoms in total. The first-order valence-corrected chi connectivity index (χ1v) is 40.8. The molecular formula is C89H128N8O14. The van der Waals surface area contributed by atoms with E-state index in [2.05, 4.69) is 45.1 Å². The third kappa shape index (κ3) is 28.4. The van der Waals surface area contributed by atoms with Gasteiger partial charge in [-0.2, -0.15) is 0 Å². The number of likely N-dealkylation sites (tertiary alicyclic amines) is 2. The molecule has 6 amide bonds. The SMILES string of the molecule is CC1=C(C)C(=O)C(CCCC[C@H](CC(=O)[C@@H]2CCCN2C(=O)[C@H](/C=C/[C@H](CC(C)C)NC(=O)OC(C)C)Cc2ccccn2)C(=O)NC(C)C)=C(C)C1=O.CC1=C(C)C(=O)C(CCCC[C@H](CC(=O)[C@@H]2CCCN2C(=O)[C@H](/C=C/[C@H](CC2CCCC2)NC(=O)OC(C)(C)C)Cc2ccccn2)C(=O)NC(C)C)=C(C)C1=O. The number of unbranched alkanes of at least 4 members (excludes halogenated alkanes) is 2. The van der Waals surface area contributed by atoms with Gasteiger partial charge in [-0.1, -0.05) is 88.8 Å².